The minimum Gasteiger partial charge on any atom is -0.497 e. The second-order valence-electron chi connectivity index (χ2n) is 4.80. The zero-order valence-electron chi connectivity index (χ0n) is 12.3. The Bertz CT molecular complexity index is 571. The summed E-state index contributed by atoms with van der Waals surface area (Å²) >= 11 is 1.63. The van der Waals surface area contributed by atoms with Gasteiger partial charge < -0.3 is 15.6 Å². The summed E-state index contributed by atoms with van der Waals surface area (Å²) in [6.07, 6.45) is 1.39. The third-order valence-electron chi connectivity index (χ3n) is 3.64. The summed E-state index contributed by atoms with van der Waals surface area (Å²) in [5.41, 5.74) is 7.85. The van der Waals surface area contributed by atoms with E-state index >= 15 is 0 Å². The molecule has 0 amide bonds. The van der Waals surface area contributed by atoms with Crippen molar-refractivity contribution in [3.63, 3.8) is 0 Å². The number of rotatable bonds is 6. The van der Waals surface area contributed by atoms with E-state index in [2.05, 4.69) is 0 Å². The molecule has 3 nitrogen and oxygen atoms in total. The van der Waals surface area contributed by atoms with Gasteiger partial charge in [-0.25, -0.2) is 0 Å². The number of hydrogen-bond acceptors (Lipinski definition) is 4. The van der Waals surface area contributed by atoms with Crippen LogP contribution in [0.1, 0.15) is 23.1 Å². The first-order valence-electron chi connectivity index (χ1n) is 6.86. The molecule has 2 atom stereocenters. The molecule has 2 rings (SSSR count). The van der Waals surface area contributed by atoms with Gasteiger partial charge in [-0.05, 0) is 35.6 Å². The molecule has 0 spiro atoms. The van der Waals surface area contributed by atoms with Crippen molar-refractivity contribution in [3.8, 4) is 5.75 Å². The van der Waals surface area contributed by atoms with Gasteiger partial charge in [-0.2, -0.15) is 0 Å². The lowest BCUT2D eigenvalue weighted by Crippen LogP contribution is -2.20. The molecule has 2 aromatic rings. The van der Waals surface area contributed by atoms with Gasteiger partial charge in [0.2, 0.25) is 0 Å². The van der Waals surface area contributed by atoms with Gasteiger partial charge in [0, 0.05) is 17.4 Å². The molecule has 0 bridgehead atoms. The predicted molar refractivity (Wildman–Crippen MR) is 88.0 cm³/mol. The smallest absolute Gasteiger partial charge is 0.118 e. The van der Waals surface area contributed by atoms with Crippen molar-refractivity contribution in [2.75, 3.05) is 19.9 Å². The van der Waals surface area contributed by atoms with Crippen LogP contribution in [0.15, 0.2) is 53.4 Å². The number of benzene rings is 2. The first-order chi connectivity index (χ1) is 10.2. The topological polar surface area (TPSA) is 55.5 Å². The molecular formula is C17H21NO2S. The molecule has 4 heteroatoms. The summed E-state index contributed by atoms with van der Waals surface area (Å²) in [5.74, 6) is 0.665. The van der Waals surface area contributed by atoms with E-state index in [0.29, 0.717) is 6.54 Å². The Morgan fingerprint density at radius 2 is 1.81 bits per heavy atom. The van der Waals surface area contributed by atoms with Gasteiger partial charge in [-0.15, -0.1) is 11.8 Å². The van der Waals surface area contributed by atoms with Gasteiger partial charge in [0.1, 0.15) is 5.75 Å². The zero-order chi connectivity index (χ0) is 15.2. The van der Waals surface area contributed by atoms with E-state index in [1.165, 1.54) is 0 Å². The molecular weight excluding hydrogens is 282 g/mol. The van der Waals surface area contributed by atoms with Crippen LogP contribution in [0, 0.1) is 0 Å². The van der Waals surface area contributed by atoms with E-state index in [4.69, 9.17) is 10.5 Å². The van der Waals surface area contributed by atoms with Gasteiger partial charge in [0.15, 0.2) is 0 Å². The summed E-state index contributed by atoms with van der Waals surface area (Å²) in [6.45, 7) is 0.385. The lowest BCUT2D eigenvalue weighted by atomic mass is 9.89. The van der Waals surface area contributed by atoms with E-state index in [9.17, 15) is 5.11 Å². The van der Waals surface area contributed by atoms with Gasteiger partial charge >= 0.3 is 0 Å². The number of methoxy groups -OCH3 is 1. The van der Waals surface area contributed by atoms with Crippen LogP contribution in [-0.2, 0) is 0 Å². The van der Waals surface area contributed by atoms with Crippen molar-refractivity contribution < 1.29 is 9.84 Å². The maximum Gasteiger partial charge on any atom is 0.118 e. The van der Waals surface area contributed by atoms with E-state index in [0.717, 1.165) is 21.8 Å². The maximum absolute atomic E-state index is 10.7. The van der Waals surface area contributed by atoms with Crippen molar-refractivity contribution in [2.45, 2.75) is 16.9 Å². The van der Waals surface area contributed by atoms with Crippen LogP contribution in [0.3, 0.4) is 0 Å². The number of aliphatic hydroxyl groups excluding tert-OH is 1. The standard InChI is InChI=1S/C17H21NO2S/c1-20-13-9-7-12(8-10-13)15(11-18)17(19)14-5-3-4-6-16(14)21-2/h3-10,15,17,19H,11,18H2,1-2H3. The molecule has 0 aliphatic carbocycles. The van der Waals surface area contributed by atoms with Gasteiger partial charge in [0.05, 0.1) is 13.2 Å². The molecule has 0 radical (unpaired) electrons. The Balaban J connectivity index is 2.31. The minimum absolute atomic E-state index is 0.135. The summed E-state index contributed by atoms with van der Waals surface area (Å²) in [5, 5.41) is 10.7. The molecule has 21 heavy (non-hydrogen) atoms. The summed E-state index contributed by atoms with van der Waals surface area (Å²) < 4.78 is 5.17. The number of aliphatic hydroxyl groups is 1. The molecule has 3 N–H and O–H groups in total. The van der Waals surface area contributed by atoms with Gasteiger partial charge in [0.25, 0.3) is 0 Å². The normalized spacial score (nSPS) is 13.7. The molecule has 0 fully saturated rings. The third kappa shape index (κ3) is 3.59. The Kier molecular flexibility index (Phi) is 5.67. The van der Waals surface area contributed by atoms with Gasteiger partial charge in [-0.3, -0.25) is 0 Å². The highest BCUT2D eigenvalue weighted by Crippen LogP contribution is 2.35. The van der Waals surface area contributed by atoms with E-state index in [1.807, 2.05) is 54.8 Å². The fourth-order valence-electron chi connectivity index (χ4n) is 2.43. The SMILES string of the molecule is COc1ccc(C(CN)C(O)c2ccccc2SC)cc1. The second-order valence-corrected chi connectivity index (χ2v) is 5.65. The van der Waals surface area contributed by atoms with E-state index in [1.54, 1.807) is 18.9 Å². The van der Waals surface area contributed by atoms with Crippen molar-refractivity contribution in [3.05, 3.63) is 59.7 Å². The molecule has 0 aromatic heterocycles. The predicted octanol–water partition coefficient (Wildman–Crippen LogP) is 3.19. The van der Waals surface area contributed by atoms with Crippen LogP contribution in [0.4, 0.5) is 0 Å². The van der Waals surface area contributed by atoms with Crippen molar-refractivity contribution in [1.29, 1.82) is 0 Å². The van der Waals surface area contributed by atoms with Crippen LogP contribution in [-0.4, -0.2) is 25.0 Å². The Morgan fingerprint density at radius 3 is 2.38 bits per heavy atom. The number of hydrogen-bond donors (Lipinski definition) is 2. The monoisotopic (exact) mass is 303 g/mol. The van der Waals surface area contributed by atoms with Gasteiger partial charge in [-0.1, -0.05) is 30.3 Å². The average Bonchev–Trinajstić information content (AvgIpc) is 2.56. The fourth-order valence-corrected chi connectivity index (χ4v) is 3.07. The second kappa shape index (κ2) is 7.50. The molecule has 0 aliphatic heterocycles. The molecule has 0 saturated carbocycles. The Labute approximate surface area is 130 Å². The molecule has 0 saturated heterocycles. The summed E-state index contributed by atoms with van der Waals surface area (Å²) in [7, 11) is 1.64. The lowest BCUT2D eigenvalue weighted by Gasteiger charge is -2.24. The number of thioether (sulfide) groups is 1. The van der Waals surface area contributed by atoms with Crippen LogP contribution in [0.2, 0.25) is 0 Å². The molecule has 2 aromatic carbocycles. The van der Waals surface area contributed by atoms with Crippen molar-refractivity contribution >= 4 is 11.8 Å². The maximum atomic E-state index is 10.7. The largest absolute Gasteiger partial charge is 0.497 e. The summed E-state index contributed by atoms with van der Waals surface area (Å²) in [6, 6.07) is 15.6. The number of nitrogens with two attached hydrogens (primary N) is 1. The van der Waals surface area contributed by atoms with Crippen molar-refractivity contribution in [1.82, 2.24) is 0 Å². The van der Waals surface area contributed by atoms with Crippen LogP contribution in [0.25, 0.3) is 0 Å². The summed E-state index contributed by atoms with van der Waals surface area (Å²) in [4.78, 5) is 1.08. The highest BCUT2D eigenvalue weighted by molar-refractivity contribution is 7.98. The quantitative estimate of drug-likeness (QED) is 0.805. The highest BCUT2D eigenvalue weighted by Gasteiger charge is 2.23. The Hall–Kier alpha value is -1.49. The van der Waals surface area contributed by atoms with Crippen molar-refractivity contribution in [2.24, 2.45) is 5.73 Å². The minimum atomic E-state index is -0.618. The van der Waals surface area contributed by atoms with Crippen LogP contribution in [0.5, 0.6) is 5.75 Å². The molecule has 0 heterocycles. The highest BCUT2D eigenvalue weighted by atomic mass is 32.2. The number of ether oxygens (including phenoxy) is 1. The molecule has 2 unspecified atom stereocenters. The van der Waals surface area contributed by atoms with Crippen LogP contribution < -0.4 is 10.5 Å². The van der Waals surface area contributed by atoms with E-state index in [-0.39, 0.29) is 5.92 Å². The molecule has 112 valence electrons. The third-order valence-corrected chi connectivity index (χ3v) is 4.45. The van der Waals surface area contributed by atoms with E-state index < -0.39 is 6.10 Å². The first kappa shape index (κ1) is 15.9. The first-order valence-corrected chi connectivity index (χ1v) is 8.08. The zero-order valence-corrected chi connectivity index (χ0v) is 13.1. The average molecular weight is 303 g/mol. The fraction of sp³-hybridized carbons (Fsp3) is 0.294. The lowest BCUT2D eigenvalue weighted by molar-refractivity contribution is 0.144. The molecule has 0 aliphatic rings. The van der Waals surface area contributed by atoms with Crippen LogP contribution >= 0.6 is 11.8 Å². The Morgan fingerprint density at radius 1 is 1.14 bits per heavy atom.